The minimum Gasteiger partial charge on any atom is -0.480 e. The average Bonchev–Trinajstić information content (AvgIpc) is 2.90. The number of carbonyl (C=O) groups excluding carboxylic acids is 1. The van der Waals surface area contributed by atoms with Gasteiger partial charge in [-0.2, -0.15) is 0 Å². The summed E-state index contributed by atoms with van der Waals surface area (Å²) in [5, 5.41) is 19.5. The average molecular weight is 362 g/mol. The monoisotopic (exact) mass is 362 g/mol. The number of aliphatic hydroxyl groups excluding tert-OH is 1. The molecule has 0 amide bonds. The van der Waals surface area contributed by atoms with Crippen molar-refractivity contribution in [1.82, 2.24) is 0 Å². The lowest BCUT2D eigenvalue weighted by Gasteiger charge is -2.58. The summed E-state index contributed by atoms with van der Waals surface area (Å²) in [6, 6.07) is 0. The molecule has 144 valence electrons. The fourth-order valence-corrected chi connectivity index (χ4v) is 6.92. The van der Waals surface area contributed by atoms with Gasteiger partial charge in [0.05, 0.1) is 12.7 Å². The number of hydrogen-bond acceptors (Lipinski definition) is 4. The molecule has 3 unspecified atom stereocenters. The van der Waals surface area contributed by atoms with Gasteiger partial charge >= 0.3 is 5.97 Å². The van der Waals surface area contributed by atoms with E-state index in [1.54, 1.807) is 0 Å². The van der Waals surface area contributed by atoms with E-state index in [9.17, 15) is 14.7 Å². The van der Waals surface area contributed by atoms with Crippen LogP contribution in [-0.2, 0) is 14.3 Å². The van der Waals surface area contributed by atoms with Crippen LogP contribution in [0.2, 0.25) is 0 Å². The molecule has 0 aromatic rings. The SMILES string of the molecule is C[C@]12CCC3C(CCC4=CC(=O)CC[C@@]43COCC(=O)O)C1CC[C@@H]2O. The van der Waals surface area contributed by atoms with Crippen LogP contribution in [0.1, 0.15) is 58.3 Å². The van der Waals surface area contributed by atoms with E-state index in [0.717, 1.165) is 44.9 Å². The van der Waals surface area contributed by atoms with Gasteiger partial charge < -0.3 is 14.9 Å². The molecule has 6 atom stereocenters. The van der Waals surface area contributed by atoms with Gasteiger partial charge in [0.1, 0.15) is 6.61 Å². The molecular formula is C21H30O5. The van der Waals surface area contributed by atoms with Crippen molar-refractivity contribution in [3.05, 3.63) is 11.6 Å². The Hall–Kier alpha value is -1.20. The summed E-state index contributed by atoms with van der Waals surface area (Å²) in [4.78, 5) is 23.0. The number of hydrogen-bond donors (Lipinski definition) is 2. The summed E-state index contributed by atoms with van der Waals surface area (Å²) in [6.07, 6.45) is 8.98. The van der Waals surface area contributed by atoms with Crippen LogP contribution in [0.15, 0.2) is 11.6 Å². The molecular weight excluding hydrogens is 332 g/mol. The molecule has 4 aliphatic carbocycles. The van der Waals surface area contributed by atoms with Gasteiger partial charge in [0.2, 0.25) is 0 Å². The first-order valence-corrected chi connectivity index (χ1v) is 10.1. The summed E-state index contributed by atoms with van der Waals surface area (Å²) in [7, 11) is 0. The first-order valence-electron chi connectivity index (χ1n) is 10.1. The summed E-state index contributed by atoms with van der Waals surface area (Å²) in [5.41, 5.74) is 1.04. The smallest absolute Gasteiger partial charge is 0.329 e. The zero-order valence-corrected chi connectivity index (χ0v) is 15.6. The Bertz CT molecular complexity index is 640. The van der Waals surface area contributed by atoms with Crippen molar-refractivity contribution >= 4 is 11.8 Å². The third kappa shape index (κ3) is 2.66. The number of ketones is 1. The largest absolute Gasteiger partial charge is 0.480 e. The number of carbonyl (C=O) groups is 2. The Kier molecular flexibility index (Phi) is 4.51. The maximum Gasteiger partial charge on any atom is 0.329 e. The summed E-state index contributed by atoms with van der Waals surface area (Å²) < 4.78 is 5.64. The maximum atomic E-state index is 12.0. The Labute approximate surface area is 154 Å². The Morgan fingerprint density at radius 2 is 2.00 bits per heavy atom. The topological polar surface area (TPSA) is 83.8 Å². The van der Waals surface area contributed by atoms with Crippen LogP contribution in [0.3, 0.4) is 0 Å². The summed E-state index contributed by atoms with van der Waals surface area (Å²) in [6.45, 7) is 2.39. The van der Waals surface area contributed by atoms with E-state index in [4.69, 9.17) is 9.84 Å². The second kappa shape index (κ2) is 6.45. The standard InChI is InChI=1S/C21H30O5/c1-20-8-7-17-15(16(20)4-5-18(20)23)3-2-13-10-14(22)6-9-21(13,17)12-26-11-19(24)25/h10,15-18,23H,2-9,11-12H2,1H3,(H,24,25)/t15?,16?,17?,18-,20-,21+/m0/s1. The van der Waals surface area contributed by atoms with Crippen LogP contribution in [-0.4, -0.2) is 41.3 Å². The van der Waals surface area contributed by atoms with Gasteiger partial charge in [0, 0.05) is 11.8 Å². The first kappa shape index (κ1) is 18.2. The molecule has 5 heteroatoms. The van der Waals surface area contributed by atoms with Crippen molar-refractivity contribution in [2.45, 2.75) is 64.4 Å². The van der Waals surface area contributed by atoms with Gasteiger partial charge in [-0.1, -0.05) is 12.5 Å². The van der Waals surface area contributed by atoms with Crippen LogP contribution in [0, 0.1) is 28.6 Å². The highest BCUT2D eigenvalue weighted by molar-refractivity contribution is 5.91. The van der Waals surface area contributed by atoms with Gasteiger partial charge in [-0.3, -0.25) is 4.79 Å². The molecule has 0 aromatic heterocycles. The van der Waals surface area contributed by atoms with Crippen LogP contribution in [0.5, 0.6) is 0 Å². The molecule has 26 heavy (non-hydrogen) atoms. The molecule has 3 fully saturated rings. The predicted octanol–water partition coefficient (Wildman–Crippen LogP) is 2.96. The molecule has 0 radical (unpaired) electrons. The first-order chi connectivity index (χ1) is 12.4. The zero-order chi connectivity index (χ0) is 18.5. The minimum absolute atomic E-state index is 0.0238. The normalized spacial score (nSPS) is 44.7. The van der Waals surface area contributed by atoms with Crippen molar-refractivity contribution in [3.8, 4) is 0 Å². The molecule has 0 spiro atoms. The second-order valence-electron chi connectivity index (χ2n) is 9.23. The van der Waals surface area contributed by atoms with Gasteiger partial charge in [-0.15, -0.1) is 0 Å². The van der Waals surface area contributed by atoms with Crippen molar-refractivity contribution in [2.24, 2.45) is 28.6 Å². The summed E-state index contributed by atoms with van der Waals surface area (Å²) in [5.74, 6) is 0.773. The quantitative estimate of drug-likeness (QED) is 0.803. The number of aliphatic carboxylic acids is 1. The Morgan fingerprint density at radius 1 is 1.19 bits per heavy atom. The van der Waals surface area contributed by atoms with Gasteiger partial charge in [-0.25, -0.2) is 4.79 Å². The highest BCUT2D eigenvalue weighted by atomic mass is 16.5. The third-order valence-electron chi connectivity index (χ3n) is 8.22. The lowest BCUT2D eigenvalue weighted by Crippen LogP contribution is -2.53. The molecule has 0 heterocycles. The number of aliphatic hydroxyl groups is 1. The van der Waals surface area contributed by atoms with Crippen LogP contribution >= 0.6 is 0 Å². The van der Waals surface area contributed by atoms with E-state index in [2.05, 4.69) is 6.92 Å². The van der Waals surface area contributed by atoms with E-state index in [-0.39, 0.29) is 29.3 Å². The molecule has 5 nitrogen and oxygen atoms in total. The molecule has 0 saturated heterocycles. The molecule has 0 aromatic carbocycles. The maximum absolute atomic E-state index is 12.0. The molecule has 4 rings (SSSR count). The summed E-state index contributed by atoms with van der Waals surface area (Å²) >= 11 is 0. The fraction of sp³-hybridized carbons (Fsp3) is 0.810. The molecule has 0 bridgehead atoms. The van der Waals surface area contributed by atoms with Crippen molar-refractivity contribution in [1.29, 1.82) is 0 Å². The van der Waals surface area contributed by atoms with Crippen LogP contribution in [0.25, 0.3) is 0 Å². The van der Waals surface area contributed by atoms with E-state index >= 15 is 0 Å². The lowest BCUT2D eigenvalue weighted by molar-refractivity contribution is -0.146. The minimum atomic E-state index is -0.943. The van der Waals surface area contributed by atoms with E-state index < -0.39 is 5.97 Å². The van der Waals surface area contributed by atoms with Crippen LogP contribution in [0.4, 0.5) is 0 Å². The van der Waals surface area contributed by atoms with Crippen molar-refractivity contribution < 1.29 is 24.5 Å². The van der Waals surface area contributed by atoms with Crippen molar-refractivity contribution in [3.63, 3.8) is 0 Å². The van der Waals surface area contributed by atoms with E-state index in [0.29, 0.717) is 30.8 Å². The van der Waals surface area contributed by atoms with Crippen molar-refractivity contribution in [2.75, 3.05) is 13.2 Å². The number of rotatable bonds is 4. The van der Waals surface area contributed by atoms with E-state index in [1.807, 2.05) is 6.08 Å². The van der Waals surface area contributed by atoms with Gasteiger partial charge in [-0.05, 0) is 74.2 Å². The Balaban J connectivity index is 1.65. The predicted molar refractivity (Wildman–Crippen MR) is 95.5 cm³/mol. The Morgan fingerprint density at radius 3 is 2.77 bits per heavy atom. The second-order valence-corrected chi connectivity index (χ2v) is 9.23. The lowest BCUT2D eigenvalue weighted by atomic mass is 9.47. The third-order valence-corrected chi connectivity index (χ3v) is 8.22. The molecule has 0 aliphatic heterocycles. The fourth-order valence-electron chi connectivity index (χ4n) is 6.92. The van der Waals surface area contributed by atoms with E-state index in [1.165, 1.54) is 5.57 Å². The zero-order valence-electron chi connectivity index (χ0n) is 15.6. The van der Waals surface area contributed by atoms with Gasteiger partial charge in [0.25, 0.3) is 0 Å². The highest BCUT2D eigenvalue weighted by Crippen LogP contribution is 2.65. The molecule has 2 N–H and O–H groups in total. The highest BCUT2D eigenvalue weighted by Gasteiger charge is 2.60. The van der Waals surface area contributed by atoms with Crippen LogP contribution < -0.4 is 0 Å². The molecule has 3 saturated carbocycles. The number of fused-ring (bicyclic) bond motifs is 5. The number of ether oxygens (including phenoxy) is 1. The number of carboxylic acids is 1. The molecule has 4 aliphatic rings. The number of carboxylic acid groups (broad SMARTS) is 1. The van der Waals surface area contributed by atoms with Gasteiger partial charge in [0.15, 0.2) is 5.78 Å².